The fraction of sp³-hybridized carbons (Fsp3) is 0.667. The van der Waals surface area contributed by atoms with E-state index < -0.39 is 84.8 Å². The maximum atomic E-state index is 13.8. The number of rotatable bonds is 31. The van der Waals surface area contributed by atoms with E-state index >= 15 is 0 Å². The molecule has 29 heteroatoms. The van der Waals surface area contributed by atoms with Crippen molar-refractivity contribution in [3.63, 3.8) is 0 Å². The maximum absolute atomic E-state index is 13.8. The second-order valence-corrected chi connectivity index (χ2v) is 77.9. The van der Waals surface area contributed by atoms with E-state index in [4.69, 9.17) is 14.2 Å². The molecule has 1 aliphatic heterocycles. The standard InChI is InChI=1S/C26H42N2O5.C26H44N2O5.C20H32N2O5.5HI.H2O.2V/c1-25(2,3)13-14-27-19(16-22(29)30)23(31)28(21(27)17-26(4,5)6)20(24(32)33-7)15-18-11-9-8-10-12-18;1-25(2,3)13-15-28(16-14-26(4,5)6)21(18-22(29)30)23(31)27-20(24(32)33-7)17-19-11-9-8-10-12-19;1-20(2,3)10-11-21-15(13-17(23)24)18(25)22-16(19(26)27-4)12-14-8-6-5-7-9-14;;;;;;;;/h8-12,19-22,29-30H,13-17H2,1-7H3;8-12,20-22,29-30H,13-18H2,1-7H3,(H,27,31);5-9,15-17,21,23-24H,10-13H2,1-4H3,(H,22,25);5*1H;1H2;;/q;;;;;;;;;+2;+3/p-5/t19-,20?,21-;20?,21-;15-,16?;;;;;;;;/m000......../s1. The van der Waals surface area contributed by atoms with Gasteiger partial charge in [0.15, 0.2) is 18.9 Å². The molecule has 3 aromatic carbocycles. The monoisotopic (exact) mass is 2060 g/mol. The predicted molar refractivity (Wildman–Crippen MR) is 435 cm³/mol. The first-order valence-corrected chi connectivity index (χ1v) is 56.0. The number of carbonyl (C=O) groups excluding carboxylic acids is 6. The summed E-state index contributed by atoms with van der Waals surface area (Å²) in [5.41, 5.74) is 2.81. The molecule has 4 rings (SSSR count). The second-order valence-electron chi connectivity index (χ2n) is 30.7. The number of esters is 3. The van der Waals surface area contributed by atoms with Crippen molar-refractivity contribution in [2.24, 2.45) is 27.1 Å². The van der Waals surface area contributed by atoms with Crippen molar-refractivity contribution in [2.45, 2.75) is 236 Å². The zero-order valence-electron chi connectivity index (χ0n) is 62.5. The Labute approximate surface area is 670 Å². The Morgan fingerprint density at radius 3 is 1.24 bits per heavy atom. The molecule has 1 fully saturated rings. The van der Waals surface area contributed by atoms with Crippen molar-refractivity contribution in [2.75, 3.05) is 47.5 Å². The molecule has 11 N–H and O–H groups in total. The summed E-state index contributed by atoms with van der Waals surface area (Å²) in [4.78, 5) is 82.8. The van der Waals surface area contributed by atoms with Crippen LogP contribution in [-0.4, -0.2) is 195 Å². The number of nitrogens with one attached hydrogen (secondary N) is 3. The topological polar surface area (TPSA) is 329 Å². The van der Waals surface area contributed by atoms with Crippen molar-refractivity contribution in [3.05, 3.63) is 108 Å². The Balaban J connectivity index is 0. The van der Waals surface area contributed by atoms with E-state index in [0.29, 0.717) is 48.5 Å². The Morgan fingerprint density at radius 2 is 0.901 bits per heavy atom. The average Bonchev–Trinajstić information content (AvgIpc) is 1.61. The van der Waals surface area contributed by atoms with E-state index in [9.17, 15) is 59.4 Å². The van der Waals surface area contributed by atoms with Gasteiger partial charge in [-0.05, 0) is 95.5 Å². The van der Waals surface area contributed by atoms with Crippen molar-refractivity contribution in [3.8, 4) is 0 Å². The van der Waals surface area contributed by atoms with Gasteiger partial charge in [0.2, 0.25) is 17.7 Å². The molecule has 1 aliphatic rings. The van der Waals surface area contributed by atoms with Crippen LogP contribution in [-0.2, 0) is 76.6 Å². The van der Waals surface area contributed by atoms with Gasteiger partial charge in [0.05, 0.1) is 45.6 Å². The molecule has 0 bridgehead atoms. The predicted octanol–water partition coefficient (Wildman–Crippen LogP) is 10.9. The Morgan fingerprint density at radius 1 is 0.535 bits per heavy atom. The van der Waals surface area contributed by atoms with Gasteiger partial charge >= 0.3 is 132 Å². The molecule has 1 saturated heterocycles. The Kier molecular flexibility index (Phi) is 52.6. The van der Waals surface area contributed by atoms with E-state index in [1.165, 1.54) is 21.3 Å². The van der Waals surface area contributed by atoms with Crippen LogP contribution in [0.15, 0.2) is 91.0 Å². The first-order valence-electron chi connectivity index (χ1n) is 33.5. The molecule has 0 aromatic heterocycles. The minimum atomic E-state index is -1.64. The summed E-state index contributed by atoms with van der Waals surface area (Å²) in [6.45, 7) is 34.2. The van der Waals surface area contributed by atoms with Crippen LogP contribution in [0.4, 0.5) is 0 Å². The number of hydrogen-bond donors (Lipinski definition) is 9. The number of benzene rings is 3. The molecule has 7 atom stereocenters. The van der Waals surface area contributed by atoms with Crippen LogP contribution >= 0.6 is 99.9 Å². The molecule has 3 amide bonds. The van der Waals surface area contributed by atoms with Crippen LogP contribution in [0.2, 0.25) is 0 Å². The number of methoxy groups -OCH3 is 3. The van der Waals surface area contributed by atoms with E-state index in [1.54, 1.807) is 4.90 Å². The van der Waals surface area contributed by atoms with Crippen LogP contribution in [0.3, 0.4) is 0 Å². The number of ether oxygens (including phenoxy) is 3. The number of carbonyl (C=O) groups is 6. The summed E-state index contributed by atoms with van der Waals surface area (Å²) < 4.78 is 14.9. The number of halogens is 5. The van der Waals surface area contributed by atoms with Crippen molar-refractivity contribution in [1.82, 2.24) is 30.7 Å². The van der Waals surface area contributed by atoms with Gasteiger partial charge in [0.1, 0.15) is 18.1 Å². The van der Waals surface area contributed by atoms with Crippen molar-refractivity contribution >= 4 is 136 Å². The Bertz CT molecular complexity index is 2750. The van der Waals surface area contributed by atoms with Gasteiger partial charge in [-0.2, -0.15) is 0 Å². The summed E-state index contributed by atoms with van der Waals surface area (Å²) in [6.07, 6.45) is -0.775. The van der Waals surface area contributed by atoms with Gasteiger partial charge in [0, 0.05) is 45.1 Å². The van der Waals surface area contributed by atoms with Crippen LogP contribution in [0, 0.1) is 27.1 Å². The summed E-state index contributed by atoms with van der Waals surface area (Å²) in [5, 5.41) is 66.2. The number of amides is 3. The van der Waals surface area contributed by atoms with Crippen molar-refractivity contribution in [1.29, 1.82) is 0 Å². The molecule has 3 aromatic rings. The van der Waals surface area contributed by atoms with E-state index in [0.717, 1.165) is 42.4 Å². The van der Waals surface area contributed by atoms with Crippen LogP contribution in [0.5, 0.6) is 0 Å². The van der Waals surface area contributed by atoms with Crippen molar-refractivity contribution < 1.29 is 93.5 Å². The van der Waals surface area contributed by atoms with Crippen LogP contribution in [0.25, 0.3) is 0 Å². The summed E-state index contributed by atoms with van der Waals surface area (Å²) >= 11 is 12.1. The third kappa shape index (κ3) is 48.1. The SMILES string of the molecule is COC(=O)C(Cc1ccccc1)N1C(=O)[C@H](CC(O)O)N(CCC(C)(C)C)[C@@H]1CC(C)(C)C.COC(=O)C(Cc1ccccc1)NC(=O)[C@H](CC(O)O)N(CCC(C)(C)C)CCC(C)(C)C.COC(=O)C(Cc1ccccc1)NC(=O)[C@H](CC(O)O)NCCC(C)(C)C.O.[I][V]([I])[I].[I][V][I]. The van der Waals surface area contributed by atoms with E-state index in [-0.39, 0.29) is 81.6 Å². The van der Waals surface area contributed by atoms with Gasteiger partial charge in [-0.3, -0.25) is 24.2 Å². The Hall–Kier alpha value is -1.10. The number of aliphatic hydroxyl groups excluding tert-OH is 3. The van der Waals surface area contributed by atoms with Crippen LogP contribution < -0.4 is 16.0 Å². The quantitative estimate of drug-likeness (QED) is 0.0125. The zero-order chi connectivity index (χ0) is 76.9. The molecule has 3 unspecified atom stereocenters. The van der Waals surface area contributed by atoms with Gasteiger partial charge < -0.3 is 71.2 Å². The van der Waals surface area contributed by atoms with E-state index in [2.05, 4.69) is 225 Å². The molecule has 0 radical (unpaired) electrons. The second kappa shape index (κ2) is 52.1. The third-order valence-corrected chi connectivity index (χ3v) is 15.7. The van der Waals surface area contributed by atoms with Gasteiger partial charge in [-0.25, -0.2) is 14.4 Å². The minimum absolute atomic E-state index is 0. The molecule has 0 saturated carbocycles. The fourth-order valence-electron chi connectivity index (χ4n) is 10.5. The van der Waals surface area contributed by atoms with Gasteiger partial charge in [-0.1, -0.05) is 195 Å². The summed E-state index contributed by atoms with van der Waals surface area (Å²) in [6, 6.07) is 23.4. The van der Waals surface area contributed by atoms with Gasteiger partial charge in [-0.15, -0.1) is 0 Å². The van der Waals surface area contributed by atoms with E-state index in [1.807, 2.05) is 95.9 Å². The molecule has 1 heterocycles. The normalized spacial score (nSPS) is 15.7. The third-order valence-electron chi connectivity index (χ3n) is 15.7. The molecular weight excluding hydrogens is 1940 g/mol. The number of hydrogen-bond acceptors (Lipinski definition) is 18. The summed E-state index contributed by atoms with van der Waals surface area (Å²) in [7, 11) is 4.53. The molecule has 579 valence electrons. The molecule has 22 nitrogen and oxygen atoms in total. The summed E-state index contributed by atoms with van der Waals surface area (Å²) in [5.74, 6) is -2.68. The number of nitrogens with zero attached hydrogens (tertiary/aromatic N) is 3. The molecule has 0 aliphatic carbocycles. The zero-order valence-corrected chi connectivity index (χ0v) is 76.1. The first kappa shape index (κ1) is 102. The molecular formula is C72H120I5N6O16V2. The fourth-order valence-corrected chi connectivity index (χ4v) is 10.5. The van der Waals surface area contributed by atoms with Gasteiger partial charge in [0.25, 0.3) is 0 Å². The van der Waals surface area contributed by atoms with Crippen LogP contribution in [0.1, 0.15) is 172 Å². The number of aliphatic hydroxyl groups is 6. The first-order chi connectivity index (χ1) is 46.2. The average molecular weight is 2060 g/mol. The molecule has 0 spiro atoms. The molecule has 101 heavy (non-hydrogen) atoms.